The standard InChI is InChI=1S/C22H31N3O3/c1-3-15(2)20(13-26)24-21(27)17-10-8-16(9-11-17)12-25-14-23-19-7-5-4-6-18(19)22(25)28/h4-7,14-17,20,26H,3,8-13H2,1-2H3,(H,24,27)/t15-,16?,17?,20+/m1/s1. The number of aliphatic hydroxyl groups is 1. The minimum absolute atomic E-state index is 0.000747. The molecule has 1 saturated carbocycles. The van der Waals surface area contributed by atoms with E-state index in [-0.39, 0.29) is 36.0 Å². The Morgan fingerprint density at radius 1 is 1.29 bits per heavy atom. The van der Waals surface area contributed by atoms with Crippen molar-refractivity contribution in [1.82, 2.24) is 14.9 Å². The molecule has 0 radical (unpaired) electrons. The lowest BCUT2D eigenvalue weighted by Gasteiger charge is -2.30. The van der Waals surface area contributed by atoms with Gasteiger partial charge < -0.3 is 10.4 Å². The van der Waals surface area contributed by atoms with Gasteiger partial charge in [0.05, 0.1) is 29.9 Å². The summed E-state index contributed by atoms with van der Waals surface area (Å²) in [6.45, 7) is 4.74. The van der Waals surface area contributed by atoms with E-state index in [2.05, 4.69) is 17.2 Å². The van der Waals surface area contributed by atoms with Gasteiger partial charge in [0.25, 0.3) is 5.56 Å². The van der Waals surface area contributed by atoms with Gasteiger partial charge in [-0.25, -0.2) is 4.98 Å². The summed E-state index contributed by atoms with van der Waals surface area (Å²) in [5.41, 5.74) is 0.730. The summed E-state index contributed by atoms with van der Waals surface area (Å²) in [5.74, 6) is 0.702. The smallest absolute Gasteiger partial charge is 0.261 e. The second kappa shape index (κ2) is 9.32. The van der Waals surface area contributed by atoms with Crippen LogP contribution in [0.1, 0.15) is 46.0 Å². The molecule has 0 unspecified atom stereocenters. The first kappa shape index (κ1) is 20.5. The zero-order chi connectivity index (χ0) is 20.1. The fourth-order valence-corrected chi connectivity index (χ4v) is 4.07. The number of hydrogen-bond acceptors (Lipinski definition) is 4. The molecular weight excluding hydrogens is 354 g/mol. The molecule has 1 aromatic heterocycles. The van der Waals surface area contributed by atoms with Crippen LogP contribution in [0.5, 0.6) is 0 Å². The lowest BCUT2D eigenvalue weighted by molar-refractivity contribution is -0.127. The Morgan fingerprint density at radius 2 is 2.00 bits per heavy atom. The zero-order valence-electron chi connectivity index (χ0n) is 16.8. The predicted octanol–water partition coefficient (Wildman–Crippen LogP) is 2.73. The van der Waals surface area contributed by atoms with Gasteiger partial charge in [0.1, 0.15) is 0 Å². The highest BCUT2D eigenvalue weighted by Crippen LogP contribution is 2.30. The van der Waals surface area contributed by atoms with E-state index >= 15 is 0 Å². The number of rotatable bonds is 7. The highest BCUT2D eigenvalue weighted by atomic mass is 16.3. The Bertz CT molecular complexity index is 855. The molecule has 28 heavy (non-hydrogen) atoms. The van der Waals surface area contributed by atoms with Crippen LogP contribution in [0.3, 0.4) is 0 Å². The van der Waals surface area contributed by atoms with E-state index in [1.165, 1.54) is 0 Å². The van der Waals surface area contributed by atoms with Crippen molar-refractivity contribution in [3.8, 4) is 0 Å². The fourth-order valence-electron chi connectivity index (χ4n) is 4.07. The third-order valence-corrected chi connectivity index (χ3v) is 6.26. The summed E-state index contributed by atoms with van der Waals surface area (Å²) in [6, 6.07) is 7.24. The van der Waals surface area contributed by atoms with Crippen LogP contribution in [0.15, 0.2) is 35.4 Å². The van der Waals surface area contributed by atoms with Gasteiger partial charge in [-0.3, -0.25) is 14.2 Å². The molecule has 0 aliphatic heterocycles. The molecule has 1 amide bonds. The molecule has 1 aromatic carbocycles. The van der Waals surface area contributed by atoms with Crippen LogP contribution in [-0.2, 0) is 11.3 Å². The largest absolute Gasteiger partial charge is 0.394 e. The van der Waals surface area contributed by atoms with Crippen LogP contribution in [0.2, 0.25) is 0 Å². The minimum atomic E-state index is -0.169. The van der Waals surface area contributed by atoms with Crippen molar-refractivity contribution in [3.63, 3.8) is 0 Å². The second-order valence-corrected chi connectivity index (χ2v) is 8.12. The summed E-state index contributed by atoms with van der Waals surface area (Å²) >= 11 is 0. The first-order chi connectivity index (χ1) is 13.5. The molecule has 2 aromatic rings. The number of nitrogens with one attached hydrogen (secondary N) is 1. The molecule has 0 bridgehead atoms. The molecule has 6 nitrogen and oxygen atoms in total. The van der Waals surface area contributed by atoms with Crippen molar-refractivity contribution < 1.29 is 9.90 Å². The maximum absolute atomic E-state index is 12.7. The van der Waals surface area contributed by atoms with Crippen molar-refractivity contribution >= 4 is 16.8 Å². The van der Waals surface area contributed by atoms with E-state index in [9.17, 15) is 14.7 Å². The fraction of sp³-hybridized carbons (Fsp3) is 0.591. The van der Waals surface area contributed by atoms with Crippen LogP contribution in [-0.4, -0.2) is 33.2 Å². The van der Waals surface area contributed by atoms with Gasteiger partial charge in [0, 0.05) is 12.5 Å². The van der Waals surface area contributed by atoms with Gasteiger partial charge in [-0.15, -0.1) is 0 Å². The van der Waals surface area contributed by atoms with E-state index in [4.69, 9.17) is 0 Å². The van der Waals surface area contributed by atoms with E-state index in [0.717, 1.165) is 37.6 Å². The number of amides is 1. The van der Waals surface area contributed by atoms with Gasteiger partial charge in [0.15, 0.2) is 0 Å². The van der Waals surface area contributed by atoms with E-state index in [1.54, 1.807) is 10.9 Å². The third-order valence-electron chi connectivity index (χ3n) is 6.26. The quantitative estimate of drug-likeness (QED) is 0.768. The van der Waals surface area contributed by atoms with E-state index in [0.29, 0.717) is 17.8 Å². The number of carbonyl (C=O) groups is 1. The first-order valence-electron chi connectivity index (χ1n) is 10.4. The summed E-state index contributed by atoms with van der Waals surface area (Å²) in [6.07, 6.45) is 6.05. The molecule has 1 aliphatic carbocycles. The van der Waals surface area contributed by atoms with Crippen molar-refractivity contribution in [2.24, 2.45) is 17.8 Å². The van der Waals surface area contributed by atoms with Crippen LogP contribution in [0.4, 0.5) is 0 Å². The lowest BCUT2D eigenvalue weighted by Crippen LogP contribution is -2.45. The van der Waals surface area contributed by atoms with E-state index < -0.39 is 0 Å². The SMILES string of the molecule is CC[C@@H](C)[C@H](CO)NC(=O)C1CCC(Cn2cnc3ccccc3c2=O)CC1. The Morgan fingerprint density at radius 3 is 2.68 bits per heavy atom. The van der Waals surface area contributed by atoms with Gasteiger partial charge in [-0.2, -0.15) is 0 Å². The molecule has 2 N–H and O–H groups in total. The number of aliphatic hydroxyl groups excluding tert-OH is 1. The van der Waals surface area contributed by atoms with Crippen LogP contribution in [0, 0.1) is 17.8 Å². The molecule has 6 heteroatoms. The Balaban J connectivity index is 1.56. The maximum atomic E-state index is 12.7. The van der Waals surface area contributed by atoms with Gasteiger partial charge in [-0.1, -0.05) is 32.4 Å². The number of benzene rings is 1. The molecule has 1 aliphatic rings. The molecule has 1 heterocycles. The number of aromatic nitrogens is 2. The molecular formula is C22H31N3O3. The Hall–Kier alpha value is -2.21. The summed E-state index contributed by atoms with van der Waals surface area (Å²) in [5, 5.41) is 13.2. The van der Waals surface area contributed by atoms with Gasteiger partial charge in [0.2, 0.25) is 5.91 Å². The van der Waals surface area contributed by atoms with Crippen LogP contribution < -0.4 is 10.9 Å². The number of fused-ring (bicyclic) bond motifs is 1. The average Bonchev–Trinajstić information content (AvgIpc) is 2.74. The monoisotopic (exact) mass is 385 g/mol. The van der Waals surface area contributed by atoms with Crippen molar-refractivity contribution in [2.75, 3.05) is 6.61 Å². The predicted molar refractivity (Wildman–Crippen MR) is 110 cm³/mol. The second-order valence-electron chi connectivity index (χ2n) is 8.12. The van der Waals surface area contributed by atoms with Crippen LogP contribution in [0.25, 0.3) is 10.9 Å². The molecule has 0 saturated heterocycles. The molecule has 152 valence electrons. The van der Waals surface area contributed by atoms with Crippen molar-refractivity contribution in [2.45, 2.75) is 58.5 Å². The van der Waals surface area contributed by atoms with Gasteiger partial charge in [-0.05, 0) is 49.7 Å². The maximum Gasteiger partial charge on any atom is 0.261 e. The van der Waals surface area contributed by atoms with Crippen molar-refractivity contribution in [3.05, 3.63) is 40.9 Å². The normalized spacial score (nSPS) is 22.0. The number of nitrogens with zero attached hydrogens (tertiary/aromatic N) is 2. The minimum Gasteiger partial charge on any atom is -0.394 e. The highest BCUT2D eigenvalue weighted by Gasteiger charge is 2.28. The van der Waals surface area contributed by atoms with Gasteiger partial charge >= 0.3 is 0 Å². The highest BCUT2D eigenvalue weighted by molar-refractivity contribution is 5.79. The Kier molecular flexibility index (Phi) is 6.83. The summed E-state index contributed by atoms with van der Waals surface area (Å²) < 4.78 is 1.71. The number of carbonyl (C=O) groups excluding carboxylic acids is 1. The topological polar surface area (TPSA) is 84.2 Å². The molecule has 3 rings (SSSR count). The first-order valence-corrected chi connectivity index (χ1v) is 10.4. The third kappa shape index (κ3) is 4.61. The Labute approximate surface area is 166 Å². The van der Waals surface area contributed by atoms with Crippen molar-refractivity contribution in [1.29, 1.82) is 0 Å². The lowest BCUT2D eigenvalue weighted by atomic mass is 9.81. The zero-order valence-corrected chi connectivity index (χ0v) is 16.8. The summed E-state index contributed by atoms with van der Waals surface area (Å²) in [4.78, 5) is 29.6. The molecule has 2 atom stereocenters. The van der Waals surface area contributed by atoms with E-state index in [1.807, 2.05) is 31.2 Å². The summed E-state index contributed by atoms with van der Waals surface area (Å²) in [7, 11) is 0. The number of para-hydroxylation sites is 1. The average molecular weight is 386 g/mol. The molecule has 1 fully saturated rings. The number of hydrogen-bond donors (Lipinski definition) is 2. The molecule has 0 spiro atoms. The van der Waals surface area contributed by atoms with Crippen LogP contribution >= 0.6 is 0 Å².